The van der Waals surface area contributed by atoms with E-state index in [1.54, 1.807) is 6.92 Å². The molecule has 130 valence electrons. The van der Waals surface area contributed by atoms with Gasteiger partial charge in [0.25, 0.3) is 0 Å². The number of hydrogen-bond donors (Lipinski definition) is 0. The molecule has 0 N–H and O–H groups in total. The molecule has 6 atom stereocenters. The van der Waals surface area contributed by atoms with Gasteiger partial charge in [-0.1, -0.05) is 25.5 Å². The smallest absolute Gasteiger partial charge is 0.205 e. The fraction of sp³-hybridized carbons (Fsp3) is 0.714. The third-order valence-corrected chi connectivity index (χ3v) is 7.89. The second kappa shape index (κ2) is 4.83. The molecule has 4 rings (SSSR count). The Balaban J connectivity index is 2.09. The summed E-state index contributed by atoms with van der Waals surface area (Å²) >= 11 is 0. The number of ketones is 2. The minimum absolute atomic E-state index is 0.103. The molecule has 2 fully saturated rings. The van der Waals surface area contributed by atoms with E-state index in [1.807, 2.05) is 0 Å². The number of carbonyl (C=O) groups excluding carboxylic acids is 2. The Bertz CT molecular complexity index is 700. The maximum absolute atomic E-state index is 13.8. The first-order valence-electron chi connectivity index (χ1n) is 9.34. The van der Waals surface area contributed by atoms with E-state index in [2.05, 4.69) is 26.8 Å². The maximum atomic E-state index is 13.8. The molecule has 0 aromatic heterocycles. The number of Topliss-reactive ketones (excluding diaryl/α,β-unsaturated/α-hetero) is 2. The molecule has 1 unspecified atom stereocenters. The molecule has 0 aliphatic heterocycles. The van der Waals surface area contributed by atoms with Gasteiger partial charge in [-0.05, 0) is 63.2 Å². The zero-order valence-corrected chi connectivity index (χ0v) is 15.4. The quantitative estimate of drug-likeness (QED) is 0.681. The molecular weight excluding hydrogens is 300 g/mol. The van der Waals surface area contributed by atoms with Crippen molar-refractivity contribution in [3.8, 4) is 0 Å². The van der Waals surface area contributed by atoms with Gasteiger partial charge in [0.1, 0.15) is 0 Å². The zero-order chi connectivity index (χ0) is 17.4. The molecule has 24 heavy (non-hydrogen) atoms. The number of allylic oxidation sites excluding steroid dienone is 4. The number of rotatable bonds is 1. The molecule has 4 aliphatic carbocycles. The molecule has 0 saturated heterocycles. The Labute approximate surface area is 144 Å². The van der Waals surface area contributed by atoms with E-state index in [4.69, 9.17) is 4.74 Å². The predicted molar refractivity (Wildman–Crippen MR) is 92.1 cm³/mol. The van der Waals surface area contributed by atoms with E-state index in [0.29, 0.717) is 23.2 Å². The molecule has 0 heterocycles. The first-order valence-corrected chi connectivity index (χ1v) is 9.34. The topological polar surface area (TPSA) is 43.4 Å². The van der Waals surface area contributed by atoms with Crippen LogP contribution in [0.3, 0.4) is 0 Å². The Morgan fingerprint density at radius 3 is 2.50 bits per heavy atom. The van der Waals surface area contributed by atoms with Crippen molar-refractivity contribution >= 4 is 11.6 Å². The first kappa shape index (κ1) is 16.1. The van der Waals surface area contributed by atoms with Crippen molar-refractivity contribution < 1.29 is 14.3 Å². The van der Waals surface area contributed by atoms with Crippen LogP contribution in [-0.4, -0.2) is 18.7 Å². The second-order valence-electron chi connectivity index (χ2n) is 8.75. The summed E-state index contributed by atoms with van der Waals surface area (Å²) in [5, 5.41) is 0. The second-order valence-corrected chi connectivity index (χ2v) is 8.75. The van der Waals surface area contributed by atoms with Crippen LogP contribution in [0.25, 0.3) is 0 Å². The largest absolute Gasteiger partial charge is 0.493 e. The van der Waals surface area contributed by atoms with Gasteiger partial charge in [-0.25, -0.2) is 0 Å². The lowest BCUT2D eigenvalue weighted by Gasteiger charge is -2.62. The minimum Gasteiger partial charge on any atom is -0.493 e. The normalized spacial score (nSPS) is 47.3. The van der Waals surface area contributed by atoms with Gasteiger partial charge in [0.15, 0.2) is 11.5 Å². The molecule has 4 aliphatic rings. The SMILES string of the molecule is COC1=C(C)C(=O)C23[C@@H]4C=C(C)C[C@]2(C1=O)[C@H](C)CC[C@@H]3[C@@H](C)C4. The summed E-state index contributed by atoms with van der Waals surface area (Å²) in [4.78, 5) is 27.5. The number of hydrogen-bond acceptors (Lipinski definition) is 3. The highest BCUT2D eigenvalue weighted by Gasteiger charge is 2.76. The van der Waals surface area contributed by atoms with Crippen molar-refractivity contribution in [2.24, 2.45) is 34.5 Å². The third kappa shape index (κ3) is 1.46. The van der Waals surface area contributed by atoms with Crippen LogP contribution in [0.5, 0.6) is 0 Å². The number of carbonyl (C=O) groups is 2. The van der Waals surface area contributed by atoms with E-state index in [-0.39, 0.29) is 23.4 Å². The summed E-state index contributed by atoms with van der Waals surface area (Å²) in [5.41, 5.74) is 0.719. The van der Waals surface area contributed by atoms with Crippen LogP contribution in [0.4, 0.5) is 0 Å². The highest BCUT2D eigenvalue weighted by Crippen LogP contribution is 2.74. The Morgan fingerprint density at radius 1 is 1.12 bits per heavy atom. The molecule has 0 aromatic rings. The molecule has 3 heteroatoms. The zero-order valence-electron chi connectivity index (χ0n) is 15.4. The van der Waals surface area contributed by atoms with E-state index < -0.39 is 10.8 Å². The van der Waals surface area contributed by atoms with Gasteiger partial charge in [0.2, 0.25) is 5.78 Å². The lowest BCUT2D eigenvalue weighted by atomic mass is 9.38. The lowest BCUT2D eigenvalue weighted by molar-refractivity contribution is -0.174. The maximum Gasteiger partial charge on any atom is 0.205 e. The van der Waals surface area contributed by atoms with Crippen molar-refractivity contribution in [3.63, 3.8) is 0 Å². The summed E-state index contributed by atoms with van der Waals surface area (Å²) in [6, 6.07) is 0. The third-order valence-electron chi connectivity index (χ3n) is 7.89. The van der Waals surface area contributed by atoms with Crippen molar-refractivity contribution in [3.05, 3.63) is 23.0 Å². The Hall–Kier alpha value is -1.38. The molecule has 0 amide bonds. The standard InChI is InChI=1S/C21H28O3/c1-11-8-15-9-12(2)16-7-6-13(3)20(10-11)19(23)17(24-5)14(4)18(22)21(15,16)20/h8,12-13,15-16H,6-7,9-10H2,1-5H3/t12-,13+,15+,16+,20+,21?/m0/s1. The van der Waals surface area contributed by atoms with E-state index in [9.17, 15) is 9.59 Å². The molecule has 0 aromatic carbocycles. The van der Waals surface area contributed by atoms with E-state index in [1.165, 1.54) is 12.7 Å². The van der Waals surface area contributed by atoms with Crippen LogP contribution in [0, 0.1) is 34.5 Å². The monoisotopic (exact) mass is 328 g/mol. The Kier molecular flexibility index (Phi) is 3.24. The van der Waals surface area contributed by atoms with Gasteiger partial charge in [-0.15, -0.1) is 0 Å². The van der Waals surface area contributed by atoms with Crippen molar-refractivity contribution in [1.82, 2.24) is 0 Å². The Morgan fingerprint density at radius 2 is 1.83 bits per heavy atom. The summed E-state index contributed by atoms with van der Waals surface area (Å²) in [6.07, 6.45) is 6.18. The summed E-state index contributed by atoms with van der Waals surface area (Å²) < 4.78 is 5.47. The van der Waals surface area contributed by atoms with Gasteiger partial charge in [-0.2, -0.15) is 0 Å². The van der Waals surface area contributed by atoms with Crippen molar-refractivity contribution in [2.45, 2.75) is 53.4 Å². The molecule has 0 bridgehead atoms. The summed E-state index contributed by atoms with van der Waals surface area (Å²) in [7, 11) is 1.53. The lowest BCUT2D eigenvalue weighted by Crippen LogP contribution is -2.67. The van der Waals surface area contributed by atoms with Gasteiger partial charge >= 0.3 is 0 Å². The van der Waals surface area contributed by atoms with Gasteiger partial charge in [-0.3, -0.25) is 9.59 Å². The van der Waals surface area contributed by atoms with Crippen LogP contribution < -0.4 is 0 Å². The average molecular weight is 328 g/mol. The summed E-state index contributed by atoms with van der Waals surface area (Å²) in [6.45, 7) is 8.40. The highest BCUT2D eigenvalue weighted by molar-refractivity contribution is 6.17. The predicted octanol–water partition coefficient (Wildman–Crippen LogP) is 4.08. The number of methoxy groups -OCH3 is 1. The van der Waals surface area contributed by atoms with Crippen molar-refractivity contribution in [2.75, 3.05) is 7.11 Å². The van der Waals surface area contributed by atoms with E-state index >= 15 is 0 Å². The fourth-order valence-electron chi connectivity index (χ4n) is 7.16. The van der Waals surface area contributed by atoms with Crippen LogP contribution in [0.2, 0.25) is 0 Å². The molecule has 2 saturated carbocycles. The molecule has 0 radical (unpaired) electrons. The fourth-order valence-corrected chi connectivity index (χ4v) is 7.16. The van der Waals surface area contributed by atoms with E-state index in [0.717, 1.165) is 25.7 Å². The average Bonchev–Trinajstić information content (AvgIpc) is 2.82. The van der Waals surface area contributed by atoms with Gasteiger partial charge in [0, 0.05) is 5.57 Å². The highest BCUT2D eigenvalue weighted by atomic mass is 16.5. The summed E-state index contributed by atoms with van der Waals surface area (Å²) in [5.74, 6) is 1.88. The minimum atomic E-state index is -0.591. The van der Waals surface area contributed by atoms with Crippen molar-refractivity contribution in [1.29, 1.82) is 0 Å². The molecule has 1 spiro atoms. The molecule has 3 nitrogen and oxygen atoms in total. The van der Waals surface area contributed by atoms with Crippen LogP contribution in [-0.2, 0) is 14.3 Å². The van der Waals surface area contributed by atoms with Crippen LogP contribution >= 0.6 is 0 Å². The number of ether oxygens (including phenoxy) is 1. The van der Waals surface area contributed by atoms with Gasteiger partial charge in [0.05, 0.1) is 17.9 Å². The molecular formula is C21H28O3. The van der Waals surface area contributed by atoms with Crippen LogP contribution in [0.15, 0.2) is 23.0 Å². The van der Waals surface area contributed by atoms with Gasteiger partial charge < -0.3 is 4.74 Å². The first-order chi connectivity index (χ1) is 11.3. The van der Waals surface area contributed by atoms with Crippen LogP contribution in [0.1, 0.15) is 53.4 Å².